The number of rotatable bonds is 2. The van der Waals surface area contributed by atoms with Crippen LogP contribution in [0, 0.1) is 13.8 Å². The number of ether oxygens (including phenoxy) is 1. The van der Waals surface area contributed by atoms with Crippen molar-refractivity contribution in [1.29, 1.82) is 0 Å². The van der Waals surface area contributed by atoms with E-state index in [1.54, 1.807) is 12.1 Å². The van der Waals surface area contributed by atoms with Crippen molar-refractivity contribution < 1.29 is 14.3 Å². The highest BCUT2D eigenvalue weighted by Crippen LogP contribution is 2.18. The van der Waals surface area contributed by atoms with Crippen molar-refractivity contribution in [3.8, 4) is 0 Å². The molecule has 2 aromatic rings. The molecule has 120 valence electrons. The van der Waals surface area contributed by atoms with Crippen LogP contribution >= 0.6 is 0 Å². The summed E-state index contributed by atoms with van der Waals surface area (Å²) in [6, 6.07) is 13.7. The fourth-order valence-electron chi connectivity index (χ4n) is 2.10. The molecule has 0 bridgehead atoms. The predicted octanol–water partition coefficient (Wildman–Crippen LogP) is 3.54. The summed E-state index contributed by atoms with van der Waals surface area (Å²) in [4.78, 5) is 28.2. The number of ketones is 1. The summed E-state index contributed by atoms with van der Waals surface area (Å²) in [5, 5.41) is 0. The summed E-state index contributed by atoms with van der Waals surface area (Å²) in [5.41, 5.74) is 2.59. The highest BCUT2D eigenvalue weighted by Gasteiger charge is 2.25. The maximum Gasteiger partial charge on any atom is 0.415 e. The van der Waals surface area contributed by atoms with Crippen LogP contribution < -0.4 is 4.90 Å². The lowest BCUT2D eigenvalue weighted by atomic mass is 10.2. The van der Waals surface area contributed by atoms with E-state index in [0.29, 0.717) is 24.7 Å². The highest BCUT2D eigenvalue weighted by molar-refractivity contribution is 5.94. The van der Waals surface area contributed by atoms with Gasteiger partial charge in [0.15, 0.2) is 5.78 Å². The Hall–Kier alpha value is -2.69. The van der Waals surface area contributed by atoms with Gasteiger partial charge in [-0.15, -0.1) is 0 Å². The van der Waals surface area contributed by atoms with E-state index in [4.69, 9.17) is 4.74 Å². The molecule has 1 amide bonds. The molecule has 5 heteroatoms. The maximum absolute atomic E-state index is 11.3. The van der Waals surface area contributed by atoms with Crippen molar-refractivity contribution in [3.05, 3.63) is 59.3 Å². The van der Waals surface area contributed by atoms with Crippen LogP contribution in [0.3, 0.4) is 0 Å². The Morgan fingerprint density at radius 1 is 1.13 bits per heavy atom. The quantitative estimate of drug-likeness (QED) is 0.796. The minimum atomic E-state index is -0.410. The van der Waals surface area contributed by atoms with E-state index in [0.717, 1.165) is 5.56 Å². The molecule has 1 aromatic carbocycles. The van der Waals surface area contributed by atoms with E-state index in [1.807, 2.05) is 25.1 Å². The number of aryl methyl sites for hydroxylation is 2. The number of Topliss-reactive ketones (excluding diaryl/α,β-unsaturated/α-hetero) is 1. The second-order valence-electron chi connectivity index (χ2n) is 5.36. The second-order valence-corrected chi connectivity index (χ2v) is 5.36. The van der Waals surface area contributed by atoms with Crippen LogP contribution in [0.4, 0.5) is 10.6 Å². The molecule has 5 nitrogen and oxygen atoms in total. The zero-order valence-corrected chi connectivity index (χ0v) is 13.6. The molecule has 0 radical (unpaired) electrons. The fraction of sp³-hybridized carbons (Fsp3) is 0.278. The molecule has 1 saturated heterocycles. The molecule has 2 heterocycles. The number of hydrogen-bond donors (Lipinski definition) is 0. The Morgan fingerprint density at radius 3 is 2.30 bits per heavy atom. The van der Waals surface area contributed by atoms with Crippen LogP contribution in [-0.4, -0.2) is 30.0 Å². The second kappa shape index (κ2) is 7.54. The summed E-state index contributed by atoms with van der Waals surface area (Å²) < 4.78 is 4.82. The molecular formula is C18H20N2O3. The number of cyclic esters (lactones) is 1. The van der Waals surface area contributed by atoms with Crippen molar-refractivity contribution in [3.63, 3.8) is 0 Å². The Labute approximate surface area is 135 Å². The van der Waals surface area contributed by atoms with Gasteiger partial charge in [0.1, 0.15) is 18.1 Å². The van der Waals surface area contributed by atoms with Crippen LogP contribution in [-0.2, 0) is 4.74 Å². The van der Waals surface area contributed by atoms with E-state index >= 15 is 0 Å². The molecule has 1 aliphatic rings. The van der Waals surface area contributed by atoms with Gasteiger partial charge in [0.25, 0.3) is 0 Å². The SMILES string of the molecule is CC(=O)c1cc(C)cc(N2CCOC2=O)n1.Cc1ccccc1. The smallest absolute Gasteiger partial charge is 0.415 e. The van der Waals surface area contributed by atoms with Crippen LogP contribution in [0.15, 0.2) is 42.5 Å². The van der Waals surface area contributed by atoms with Gasteiger partial charge < -0.3 is 4.74 Å². The summed E-state index contributed by atoms with van der Waals surface area (Å²) in [5.74, 6) is 0.366. The molecule has 3 rings (SSSR count). The zero-order chi connectivity index (χ0) is 16.8. The Kier molecular flexibility index (Phi) is 5.46. The first kappa shape index (κ1) is 16.7. The van der Waals surface area contributed by atoms with Gasteiger partial charge in [0, 0.05) is 6.92 Å². The van der Waals surface area contributed by atoms with E-state index < -0.39 is 6.09 Å². The third kappa shape index (κ3) is 4.64. The number of carbonyl (C=O) groups excluding carboxylic acids is 2. The molecule has 0 N–H and O–H groups in total. The molecule has 1 aromatic heterocycles. The molecule has 0 unspecified atom stereocenters. The van der Waals surface area contributed by atoms with Gasteiger partial charge in [-0.2, -0.15) is 0 Å². The largest absolute Gasteiger partial charge is 0.447 e. The normalized spacial score (nSPS) is 13.2. The lowest BCUT2D eigenvalue weighted by Crippen LogP contribution is -2.25. The average Bonchev–Trinajstić information content (AvgIpc) is 2.94. The van der Waals surface area contributed by atoms with Crippen molar-refractivity contribution in [2.45, 2.75) is 20.8 Å². The summed E-state index contributed by atoms with van der Waals surface area (Å²) >= 11 is 0. The third-order valence-electron chi connectivity index (χ3n) is 3.29. The molecule has 23 heavy (non-hydrogen) atoms. The van der Waals surface area contributed by atoms with Crippen molar-refractivity contribution >= 4 is 17.7 Å². The van der Waals surface area contributed by atoms with E-state index in [-0.39, 0.29) is 5.78 Å². The highest BCUT2D eigenvalue weighted by atomic mass is 16.6. The van der Waals surface area contributed by atoms with E-state index in [1.165, 1.54) is 17.4 Å². The van der Waals surface area contributed by atoms with Crippen molar-refractivity contribution in [2.75, 3.05) is 18.1 Å². The van der Waals surface area contributed by atoms with Crippen LogP contribution in [0.1, 0.15) is 28.5 Å². The molecular weight excluding hydrogens is 292 g/mol. The Morgan fingerprint density at radius 2 is 1.83 bits per heavy atom. The fourth-order valence-corrected chi connectivity index (χ4v) is 2.10. The van der Waals surface area contributed by atoms with Gasteiger partial charge in [-0.05, 0) is 31.5 Å². The number of hydrogen-bond acceptors (Lipinski definition) is 4. The minimum Gasteiger partial charge on any atom is -0.447 e. The predicted molar refractivity (Wildman–Crippen MR) is 88.9 cm³/mol. The maximum atomic E-state index is 11.3. The van der Waals surface area contributed by atoms with E-state index in [9.17, 15) is 9.59 Å². The molecule has 1 aliphatic heterocycles. The zero-order valence-electron chi connectivity index (χ0n) is 13.6. The first-order chi connectivity index (χ1) is 11.0. The van der Waals surface area contributed by atoms with Gasteiger partial charge in [0.05, 0.1) is 6.54 Å². The lowest BCUT2D eigenvalue weighted by Gasteiger charge is -2.12. The van der Waals surface area contributed by atoms with Crippen molar-refractivity contribution in [2.24, 2.45) is 0 Å². The standard InChI is InChI=1S/C11H12N2O3.C7H8/c1-7-5-9(8(2)14)12-10(6-7)13-3-4-16-11(13)15;1-7-5-3-2-4-6-7/h5-6H,3-4H2,1-2H3;2-6H,1H3. The lowest BCUT2D eigenvalue weighted by molar-refractivity contribution is 0.101. The number of nitrogens with zero attached hydrogens (tertiary/aromatic N) is 2. The summed E-state index contributed by atoms with van der Waals surface area (Å²) in [6.45, 7) is 6.24. The van der Waals surface area contributed by atoms with Gasteiger partial charge in [0.2, 0.25) is 0 Å². The summed E-state index contributed by atoms with van der Waals surface area (Å²) in [6.07, 6.45) is -0.410. The van der Waals surface area contributed by atoms with Crippen LogP contribution in [0.5, 0.6) is 0 Å². The monoisotopic (exact) mass is 312 g/mol. The van der Waals surface area contributed by atoms with Gasteiger partial charge in [-0.1, -0.05) is 35.9 Å². The molecule has 0 spiro atoms. The first-order valence-corrected chi connectivity index (χ1v) is 7.43. The Balaban J connectivity index is 0.000000229. The first-order valence-electron chi connectivity index (χ1n) is 7.43. The van der Waals surface area contributed by atoms with E-state index in [2.05, 4.69) is 24.0 Å². The Bertz CT molecular complexity index is 699. The minimum absolute atomic E-state index is 0.113. The molecule has 0 atom stereocenters. The molecule has 1 fully saturated rings. The number of carbonyl (C=O) groups is 2. The van der Waals surface area contributed by atoms with Gasteiger partial charge in [-0.25, -0.2) is 9.78 Å². The van der Waals surface area contributed by atoms with Crippen molar-refractivity contribution in [1.82, 2.24) is 4.98 Å². The average molecular weight is 312 g/mol. The van der Waals surface area contributed by atoms with Gasteiger partial charge in [-0.3, -0.25) is 9.69 Å². The van der Waals surface area contributed by atoms with Crippen LogP contribution in [0.25, 0.3) is 0 Å². The van der Waals surface area contributed by atoms with Gasteiger partial charge >= 0.3 is 6.09 Å². The molecule has 0 aliphatic carbocycles. The summed E-state index contributed by atoms with van der Waals surface area (Å²) in [7, 11) is 0. The third-order valence-corrected chi connectivity index (χ3v) is 3.29. The van der Waals surface area contributed by atoms with Crippen LogP contribution in [0.2, 0.25) is 0 Å². The number of pyridine rings is 1. The number of aromatic nitrogens is 1. The molecule has 0 saturated carbocycles. The number of anilines is 1. The topological polar surface area (TPSA) is 59.5 Å². The number of amides is 1. The number of benzene rings is 1.